The van der Waals surface area contributed by atoms with Gasteiger partial charge in [0, 0.05) is 55.5 Å². The van der Waals surface area contributed by atoms with Crippen LogP contribution in [-0.4, -0.2) is 0 Å². The summed E-state index contributed by atoms with van der Waals surface area (Å²) in [5.41, 5.74) is 41.4. The van der Waals surface area contributed by atoms with E-state index in [2.05, 4.69) is 400 Å². The number of anilines is 6. The molecule has 28 rings (SSSR count). The molecule has 3 nitrogen and oxygen atoms in total. The van der Waals surface area contributed by atoms with Gasteiger partial charge in [0.2, 0.25) is 0 Å². The summed E-state index contributed by atoms with van der Waals surface area (Å²) in [4.78, 5) is 4.96. The van der Waals surface area contributed by atoms with E-state index in [1.807, 2.05) is 0 Å². The highest BCUT2D eigenvalue weighted by Gasteiger charge is 2.64. The standard InChI is InChI=1S/C61H51N.C58H45NO/c1-60(2)56-22-11-9-19-53(56)55-38-49(28-29-57(55)60)62(48-26-24-43(25-27-48)41-14-5-3-6-15-41)50-36-44(42-16-7-4-8-17-42)35-45(37-50)51-20-13-21-54-52-18-10-12-23-58(52)61(59(51)54)46-31-39-30-40(33-46)34-47(61)32-39;1-3-13-39(14-4-1)41-25-27-46(28-26-41)59(54-23-12-21-52-50-18-8-10-24-55(50)60-57(52)54)47-35-42(40-15-5-2-6-16-40)34-43(36-47)48-19-11-20-51-49-17-7-9-22-53(49)58(56(48)51)44-30-37-29-38(32-44)33-45(58)31-37/h3-29,35-40,46-47H,30-34H2,1-2H3;1-28,34-38,44-45H,29-33H2. The Labute approximate surface area is 716 Å². The Morgan fingerprint density at radius 2 is 0.574 bits per heavy atom. The van der Waals surface area contributed by atoms with Gasteiger partial charge < -0.3 is 14.2 Å². The van der Waals surface area contributed by atoms with Crippen molar-refractivity contribution in [1.82, 2.24) is 0 Å². The molecular formula is C119H96N2O. The third-order valence-electron chi connectivity index (χ3n) is 31.2. The molecule has 8 fully saturated rings. The molecule has 3 heteroatoms. The first kappa shape index (κ1) is 71.8. The lowest BCUT2D eigenvalue weighted by Gasteiger charge is -2.61. The summed E-state index contributed by atoms with van der Waals surface area (Å²) >= 11 is 0. The molecule has 16 aromatic carbocycles. The van der Waals surface area contributed by atoms with E-state index in [0.717, 1.165) is 68.4 Å². The summed E-state index contributed by atoms with van der Waals surface area (Å²) in [5.74, 6) is 6.31. The Hall–Kier alpha value is -13.1. The van der Waals surface area contributed by atoms with E-state index >= 15 is 0 Å². The molecule has 8 bridgehead atoms. The molecule has 0 amide bonds. The second-order valence-corrected chi connectivity index (χ2v) is 37.8. The van der Waals surface area contributed by atoms with Crippen LogP contribution in [0.1, 0.15) is 111 Å². The number of nitrogens with zero attached hydrogens (tertiary/aromatic N) is 2. The number of benzene rings is 16. The largest absolute Gasteiger partial charge is 0.454 e. The van der Waals surface area contributed by atoms with Gasteiger partial charge in [0.15, 0.2) is 5.58 Å². The Morgan fingerprint density at radius 3 is 1.06 bits per heavy atom. The van der Waals surface area contributed by atoms with Crippen LogP contribution in [-0.2, 0) is 16.2 Å². The fourth-order valence-electron chi connectivity index (χ4n) is 26.8. The van der Waals surface area contributed by atoms with Crippen molar-refractivity contribution in [2.45, 2.75) is 94.3 Å². The number of para-hydroxylation sites is 2. The van der Waals surface area contributed by atoms with E-state index in [4.69, 9.17) is 4.42 Å². The highest BCUT2D eigenvalue weighted by atomic mass is 16.3. The zero-order valence-electron chi connectivity index (χ0n) is 69.3. The van der Waals surface area contributed by atoms with Crippen LogP contribution in [0.5, 0.6) is 0 Å². The van der Waals surface area contributed by atoms with Gasteiger partial charge in [-0.15, -0.1) is 0 Å². The predicted octanol–water partition coefficient (Wildman–Crippen LogP) is 32.0. The fourth-order valence-corrected chi connectivity index (χ4v) is 26.8. The van der Waals surface area contributed by atoms with E-state index < -0.39 is 0 Å². The first-order valence-electron chi connectivity index (χ1n) is 45.1. The maximum Gasteiger partial charge on any atom is 0.159 e. The minimum Gasteiger partial charge on any atom is -0.454 e. The molecule has 11 aliphatic rings. The van der Waals surface area contributed by atoms with E-state index in [-0.39, 0.29) is 16.2 Å². The predicted molar refractivity (Wildman–Crippen MR) is 506 cm³/mol. The smallest absolute Gasteiger partial charge is 0.159 e. The molecule has 0 N–H and O–H groups in total. The van der Waals surface area contributed by atoms with Crippen molar-refractivity contribution in [3.63, 3.8) is 0 Å². The first-order valence-corrected chi connectivity index (χ1v) is 45.1. The molecule has 122 heavy (non-hydrogen) atoms. The fraction of sp³-hybridized carbons (Fsp3) is 0.193. The average molecular weight is 1570 g/mol. The summed E-state index contributed by atoms with van der Waals surface area (Å²) in [6.45, 7) is 4.75. The van der Waals surface area contributed by atoms with Crippen LogP contribution in [0.3, 0.4) is 0 Å². The van der Waals surface area contributed by atoms with Gasteiger partial charge in [0.25, 0.3) is 0 Å². The molecule has 0 saturated heterocycles. The minimum atomic E-state index is -0.0633. The van der Waals surface area contributed by atoms with Crippen LogP contribution < -0.4 is 9.80 Å². The highest BCUT2D eigenvalue weighted by Crippen LogP contribution is 2.73. The topological polar surface area (TPSA) is 19.6 Å². The zero-order chi connectivity index (χ0) is 80.5. The molecule has 17 aromatic rings. The molecule has 0 radical (unpaired) electrons. The number of fused-ring (bicyclic) bond motifs is 12. The average Bonchev–Trinajstić information content (AvgIpc) is 1.51. The molecule has 0 atom stereocenters. The van der Waals surface area contributed by atoms with E-state index in [1.165, 1.54) is 187 Å². The molecule has 1 heterocycles. The normalized spacial score (nSPS) is 22.5. The zero-order valence-corrected chi connectivity index (χ0v) is 69.3. The Kier molecular flexibility index (Phi) is 16.5. The molecular weight excluding hydrogens is 1470 g/mol. The molecule has 11 aliphatic carbocycles. The maximum absolute atomic E-state index is 6.81. The van der Waals surface area contributed by atoms with Gasteiger partial charge >= 0.3 is 0 Å². The molecule has 1 aromatic heterocycles. The third-order valence-corrected chi connectivity index (χ3v) is 31.2. The van der Waals surface area contributed by atoms with Gasteiger partial charge in [0.1, 0.15) is 5.58 Å². The maximum atomic E-state index is 6.81. The second kappa shape index (κ2) is 28.0. The van der Waals surface area contributed by atoms with Gasteiger partial charge in [0.05, 0.1) is 5.69 Å². The molecule has 8 saturated carbocycles. The summed E-state index contributed by atoms with van der Waals surface area (Å²) < 4.78 is 6.81. The van der Waals surface area contributed by atoms with Crippen molar-refractivity contribution >= 4 is 56.1 Å². The minimum absolute atomic E-state index is 0.0473. The Morgan fingerprint density at radius 1 is 0.230 bits per heavy atom. The first-order chi connectivity index (χ1) is 60.1. The van der Waals surface area contributed by atoms with Gasteiger partial charge in [-0.1, -0.05) is 305 Å². The summed E-state index contributed by atoms with van der Waals surface area (Å²) in [5, 5.41) is 2.25. The van der Waals surface area contributed by atoms with Crippen molar-refractivity contribution < 1.29 is 4.42 Å². The van der Waals surface area contributed by atoms with Crippen molar-refractivity contribution in [3.8, 4) is 100 Å². The van der Waals surface area contributed by atoms with Crippen LogP contribution in [0, 0.1) is 47.3 Å². The van der Waals surface area contributed by atoms with Gasteiger partial charge in [-0.25, -0.2) is 0 Å². The number of furan rings is 1. The van der Waals surface area contributed by atoms with Gasteiger partial charge in [-0.2, -0.15) is 0 Å². The molecule has 0 aliphatic heterocycles. The van der Waals surface area contributed by atoms with E-state index in [9.17, 15) is 0 Å². The number of rotatable bonds is 12. The summed E-state index contributed by atoms with van der Waals surface area (Å²) in [7, 11) is 0. The lowest BCUT2D eigenvalue weighted by molar-refractivity contribution is -0.0397. The Balaban J connectivity index is 0.000000134. The lowest BCUT2D eigenvalue weighted by Crippen LogP contribution is -2.55. The summed E-state index contributed by atoms with van der Waals surface area (Å²) in [6.07, 6.45) is 13.8. The van der Waals surface area contributed by atoms with Crippen molar-refractivity contribution in [1.29, 1.82) is 0 Å². The lowest BCUT2D eigenvalue weighted by atomic mass is 9.42. The van der Waals surface area contributed by atoms with E-state index in [1.54, 1.807) is 22.3 Å². The van der Waals surface area contributed by atoms with Crippen LogP contribution in [0.4, 0.5) is 34.1 Å². The quantitative estimate of drug-likeness (QED) is 0.122. The molecule has 588 valence electrons. The monoisotopic (exact) mass is 1570 g/mol. The third kappa shape index (κ3) is 11.0. The van der Waals surface area contributed by atoms with Crippen LogP contribution in [0.15, 0.2) is 381 Å². The number of hydrogen-bond donors (Lipinski definition) is 0. The van der Waals surface area contributed by atoms with Crippen molar-refractivity contribution in [3.05, 3.63) is 409 Å². The van der Waals surface area contributed by atoms with Crippen LogP contribution >= 0.6 is 0 Å². The Bertz CT molecular complexity index is 6930. The van der Waals surface area contributed by atoms with Crippen LogP contribution in [0.25, 0.3) is 122 Å². The second-order valence-electron chi connectivity index (χ2n) is 37.8. The van der Waals surface area contributed by atoms with Crippen molar-refractivity contribution in [2.75, 3.05) is 9.80 Å². The van der Waals surface area contributed by atoms with Gasteiger partial charge in [-0.05, 0) is 330 Å². The van der Waals surface area contributed by atoms with Gasteiger partial charge in [-0.3, -0.25) is 0 Å². The SMILES string of the molecule is CC1(C)c2ccccc2-c2cc(N(c3ccc(-c4ccccc4)cc3)c3cc(-c4ccccc4)cc(-c4cccc5c4C4(c6ccccc6-5)C5CC6CC(C5)CC4C6)c3)ccc21.c1ccc(-c2ccc(N(c3cc(-c4ccccc4)cc(-c4cccc5c4C4(c6ccccc6-5)C5CC6CC(C5)CC4C6)c3)c3cccc4c3oc3ccccc34)cc2)cc1. The van der Waals surface area contributed by atoms with E-state index in [0.29, 0.717) is 23.7 Å². The van der Waals surface area contributed by atoms with Crippen LogP contribution in [0.2, 0.25) is 0 Å². The highest BCUT2D eigenvalue weighted by molar-refractivity contribution is 6.11. The number of hydrogen-bond acceptors (Lipinski definition) is 3. The summed E-state index contributed by atoms with van der Waals surface area (Å²) in [6, 6.07) is 141. The van der Waals surface area contributed by atoms with Crippen molar-refractivity contribution in [2.24, 2.45) is 47.3 Å². The molecule has 2 spiro atoms. The molecule has 0 unspecified atom stereocenters.